The van der Waals surface area contributed by atoms with Crippen LogP contribution >= 0.6 is 11.6 Å². The second kappa shape index (κ2) is 4.90. The number of benzene rings is 2. The first-order chi connectivity index (χ1) is 10.2. The fraction of sp³-hybridized carbons (Fsp3) is 0.222. The largest absolute Gasteiger partial charge is 0.313 e. The van der Waals surface area contributed by atoms with E-state index in [1.807, 2.05) is 6.07 Å². The molecule has 0 bridgehead atoms. The molecule has 1 aliphatic rings. The quantitative estimate of drug-likeness (QED) is 0.651. The lowest BCUT2D eigenvalue weighted by molar-refractivity contribution is 0.311. The maximum Gasteiger partial charge on any atom is 0.0535 e. The van der Waals surface area contributed by atoms with E-state index in [1.54, 1.807) is 0 Å². The minimum atomic E-state index is 0.809. The van der Waals surface area contributed by atoms with E-state index in [9.17, 15) is 0 Å². The van der Waals surface area contributed by atoms with Crippen LogP contribution in [0.15, 0.2) is 48.5 Å². The van der Waals surface area contributed by atoms with Gasteiger partial charge in [-0.15, -0.1) is 0 Å². The number of halogens is 1. The highest BCUT2D eigenvalue weighted by molar-refractivity contribution is 6.31. The second-order valence-corrected chi connectivity index (χ2v) is 6.18. The van der Waals surface area contributed by atoms with Crippen LogP contribution in [-0.4, -0.2) is 23.1 Å². The summed E-state index contributed by atoms with van der Waals surface area (Å²) in [5.41, 5.74) is 5.34. The molecule has 3 aromatic rings. The van der Waals surface area contributed by atoms with E-state index in [0.717, 1.165) is 24.5 Å². The lowest BCUT2D eigenvalue weighted by atomic mass is 10.1. The minimum Gasteiger partial charge on any atom is -0.313 e. The molecule has 0 saturated carbocycles. The summed E-state index contributed by atoms with van der Waals surface area (Å²) in [6.07, 6.45) is 1.08. The summed E-state index contributed by atoms with van der Waals surface area (Å²) in [5, 5.41) is 2.09. The Labute approximate surface area is 129 Å². The third kappa shape index (κ3) is 2.06. The Morgan fingerprint density at radius 2 is 1.86 bits per heavy atom. The number of fused-ring (bicyclic) bond motifs is 3. The molecule has 1 aliphatic heterocycles. The summed E-state index contributed by atoms with van der Waals surface area (Å²) in [6, 6.07) is 16.8. The Morgan fingerprint density at radius 1 is 1.05 bits per heavy atom. The summed E-state index contributed by atoms with van der Waals surface area (Å²) < 4.78 is 2.40. The summed E-state index contributed by atoms with van der Waals surface area (Å²) in [7, 11) is 2.18. The average molecular weight is 297 g/mol. The lowest BCUT2D eigenvalue weighted by Gasteiger charge is -2.24. The van der Waals surface area contributed by atoms with Crippen molar-refractivity contribution in [2.24, 2.45) is 0 Å². The Balaban J connectivity index is 2.06. The van der Waals surface area contributed by atoms with Crippen molar-refractivity contribution in [2.75, 3.05) is 13.6 Å². The molecule has 21 heavy (non-hydrogen) atoms. The standard InChI is InChI=1S/C18H17ClN2/c1-20-10-9-18-16(12-20)15-11-13(19)7-8-17(15)21(18)14-5-3-2-4-6-14/h2-8,11H,9-10,12H2,1H3. The highest BCUT2D eigenvalue weighted by Gasteiger charge is 2.23. The maximum atomic E-state index is 6.23. The van der Waals surface area contributed by atoms with Crippen LogP contribution < -0.4 is 0 Å². The molecular weight excluding hydrogens is 280 g/mol. The molecule has 1 aromatic heterocycles. The van der Waals surface area contributed by atoms with E-state index >= 15 is 0 Å². The van der Waals surface area contributed by atoms with Gasteiger partial charge in [0.05, 0.1) is 5.52 Å². The molecule has 0 N–H and O–H groups in total. The van der Waals surface area contributed by atoms with Crippen LogP contribution in [0.25, 0.3) is 16.6 Å². The topological polar surface area (TPSA) is 8.17 Å². The third-order valence-electron chi connectivity index (χ3n) is 4.32. The van der Waals surface area contributed by atoms with Crippen LogP contribution in [0.2, 0.25) is 5.02 Å². The van der Waals surface area contributed by atoms with Gasteiger partial charge in [-0.05, 0) is 42.9 Å². The number of para-hydroxylation sites is 1. The smallest absolute Gasteiger partial charge is 0.0535 e. The molecule has 0 spiro atoms. The number of aromatic nitrogens is 1. The molecule has 3 heteroatoms. The zero-order valence-electron chi connectivity index (χ0n) is 12.0. The van der Waals surface area contributed by atoms with E-state index in [0.29, 0.717) is 0 Å². The van der Waals surface area contributed by atoms with Crippen LogP contribution in [0.3, 0.4) is 0 Å². The number of nitrogens with zero attached hydrogens (tertiary/aromatic N) is 2. The Bertz CT molecular complexity index is 805. The predicted molar refractivity (Wildman–Crippen MR) is 88.3 cm³/mol. The van der Waals surface area contributed by atoms with Crippen molar-refractivity contribution in [3.63, 3.8) is 0 Å². The Kier molecular flexibility index (Phi) is 3.02. The van der Waals surface area contributed by atoms with Crippen LogP contribution in [0.4, 0.5) is 0 Å². The van der Waals surface area contributed by atoms with Crippen LogP contribution in [0, 0.1) is 0 Å². The van der Waals surface area contributed by atoms with E-state index in [4.69, 9.17) is 11.6 Å². The molecule has 0 aliphatic carbocycles. The van der Waals surface area contributed by atoms with Crippen molar-refractivity contribution < 1.29 is 0 Å². The second-order valence-electron chi connectivity index (χ2n) is 5.75. The first kappa shape index (κ1) is 12.9. The number of likely N-dealkylation sites (N-methyl/N-ethyl adjacent to an activating group) is 1. The molecule has 0 atom stereocenters. The SMILES string of the molecule is CN1CCc2c(c3cc(Cl)ccc3n2-c2ccccc2)C1. The third-order valence-corrected chi connectivity index (χ3v) is 4.55. The average Bonchev–Trinajstić information content (AvgIpc) is 2.81. The van der Waals surface area contributed by atoms with Crippen molar-refractivity contribution in [3.8, 4) is 5.69 Å². The normalized spacial score (nSPS) is 15.3. The van der Waals surface area contributed by atoms with Gasteiger partial charge in [-0.3, -0.25) is 0 Å². The predicted octanol–water partition coefficient (Wildman–Crippen LogP) is 4.27. The first-order valence-electron chi connectivity index (χ1n) is 7.30. The van der Waals surface area contributed by atoms with Crippen LogP contribution in [0.5, 0.6) is 0 Å². The fourth-order valence-electron chi connectivity index (χ4n) is 3.34. The van der Waals surface area contributed by atoms with Gasteiger partial charge in [0.1, 0.15) is 0 Å². The van der Waals surface area contributed by atoms with E-state index in [1.165, 1.54) is 27.8 Å². The zero-order chi connectivity index (χ0) is 14.4. The molecule has 0 radical (unpaired) electrons. The van der Waals surface area contributed by atoms with E-state index < -0.39 is 0 Å². The molecule has 0 saturated heterocycles. The van der Waals surface area contributed by atoms with E-state index in [2.05, 4.69) is 59.0 Å². The van der Waals surface area contributed by atoms with Crippen LogP contribution in [0.1, 0.15) is 11.3 Å². The molecule has 0 fully saturated rings. The van der Waals surface area contributed by atoms with Crippen molar-refractivity contribution in [3.05, 3.63) is 64.8 Å². The summed E-state index contributed by atoms with van der Waals surface area (Å²) in [4.78, 5) is 2.37. The van der Waals surface area contributed by atoms with Crippen molar-refractivity contribution >= 4 is 22.5 Å². The summed E-state index contributed by atoms with van der Waals surface area (Å²) in [6.45, 7) is 2.09. The van der Waals surface area contributed by atoms with Crippen molar-refractivity contribution in [1.82, 2.24) is 9.47 Å². The van der Waals surface area contributed by atoms with Crippen molar-refractivity contribution in [2.45, 2.75) is 13.0 Å². The monoisotopic (exact) mass is 296 g/mol. The Morgan fingerprint density at radius 3 is 2.67 bits per heavy atom. The fourth-order valence-corrected chi connectivity index (χ4v) is 3.51. The van der Waals surface area contributed by atoms with Gasteiger partial charge in [0, 0.05) is 41.3 Å². The molecule has 0 amide bonds. The van der Waals surface area contributed by atoms with Gasteiger partial charge in [-0.1, -0.05) is 29.8 Å². The highest BCUT2D eigenvalue weighted by atomic mass is 35.5. The van der Waals surface area contributed by atoms with Gasteiger partial charge in [0.2, 0.25) is 0 Å². The highest BCUT2D eigenvalue weighted by Crippen LogP contribution is 2.34. The molecular formula is C18H17ClN2. The molecule has 4 rings (SSSR count). The summed E-state index contributed by atoms with van der Waals surface area (Å²) in [5.74, 6) is 0. The number of hydrogen-bond acceptors (Lipinski definition) is 1. The Hall–Kier alpha value is -1.77. The zero-order valence-corrected chi connectivity index (χ0v) is 12.8. The molecule has 106 valence electrons. The van der Waals surface area contributed by atoms with Gasteiger partial charge >= 0.3 is 0 Å². The number of hydrogen-bond donors (Lipinski definition) is 0. The molecule has 2 aromatic carbocycles. The molecule has 2 heterocycles. The minimum absolute atomic E-state index is 0.809. The maximum absolute atomic E-state index is 6.23. The summed E-state index contributed by atoms with van der Waals surface area (Å²) >= 11 is 6.23. The van der Waals surface area contributed by atoms with Crippen molar-refractivity contribution in [1.29, 1.82) is 0 Å². The first-order valence-corrected chi connectivity index (χ1v) is 7.67. The van der Waals surface area contributed by atoms with Gasteiger partial charge < -0.3 is 9.47 Å². The van der Waals surface area contributed by atoms with Gasteiger partial charge in [-0.25, -0.2) is 0 Å². The van der Waals surface area contributed by atoms with E-state index in [-0.39, 0.29) is 0 Å². The van der Waals surface area contributed by atoms with Crippen LogP contribution in [-0.2, 0) is 13.0 Å². The lowest BCUT2D eigenvalue weighted by Crippen LogP contribution is -2.27. The molecule has 2 nitrogen and oxygen atoms in total. The van der Waals surface area contributed by atoms with Gasteiger partial charge in [0.15, 0.2) is 0 Å². The number of rotatable bonds is 1. The van der Waals surface area contributed by atoms with Gasteiger partial charge in [-0.2, -0.15) is 0 Å². The molecule has 0 unspecified atom stereocenters. The van der Waals surface area contributed by atoms with Gasteiger partial charge in [0.25, 0.3) is 0 Å².